The van der Waals surface area contributed by atoms with Crippen LogP contribution in [0.3, 0.4) is 0 Å². The first-order valence-corrected chi connectivity index (χ1v) is 8.39. The molecule has 1 heterocycles. The molecule has 114 valence electrons. The molecule has 19 heavy (non-hydrogen) atoms. The maximum Gasteiger partial charge on any atom is 0.221 e. The highest BCUT2D eigenvalue weighted by Crippen LogP contribution is 2.29. The van der Waals surface area contributed by atoms with Gasteiger partial charge in [-0.2, -0.15) is 11.8 Å². The van der Waals surface area contributed by atoms with Crippen LogP contribution in [-0.2, 0) is 4.79 Å². The molecule has 0 bridgehead atoms. The highest BCUT2D eigenvalue weighted by Gasteiger charge is 2.25. The highest BCUT2D eigenvalue weighted by molar-refractivity contribution is 7.99. The molecule has 1 aliphatic heterocycles. The Morgan fingerprint density at radius 3 is 2.42 bits per heavy atom. The van der Waals surface area contributed by atoms with E-state index in [0.29, 0.717) is 17.9 Å². The van der Waals surface area contributed by atoms with E-state index < -0.39 is 0 Å². The summed E-state index contributed by atoms with van der Waals surface area (Å²) in [6.07, 6.45) is 4.04. The van der Waals surface area contributed by atoms with Gasteiger partial charge in [0.25, 0.3) is 0 Å². The summed E-state index contributed by atoms with van der Waals surface area (Å²) in [7, 11) is 0. The van der Waals surface area contributed by atoms with Crippen LogP contribution in [0.15, 0.2) is 0 Å². The lowest BCUT2D eigenvalue weighted by Gasteiger charge is -2.31. The number of hydrogen-bond donors (Lipinski definition) is 2. The number of carbonyl (C=O) groups excluding carboxylic acids is 1. The summed E-state index contributed by atoms with van der Waals surface area (Å²) in [5, 5.41) is 6.54. The van der Waals surface area contributed by atoms with Crippen molar-refractivity contribution in [2.45, 2.75) is 52.5 Å². The Morgan fingerprint density at radius 2 is 1.95 bits per heavy atom. The van der Waals surface area contributed by atoms with Crippen LogP contribution in [-0.4, -0.2) is 36.5 Å². The fraction of sp³-hybridized carbons (Fsp3) is 0.929. The summed E-state index contributed by atoms with van der Waals surface area (Å²) in [5.41, 5.74) is 0.296. The molecule has 0 aromatic rings. The molecule has 1 atom stereocenters. The minimum atomic E-state index is 0. The molecule has 1 saturated heterocycles. The maximum atomic E-state index is 11.9. The van der Waals surface area contributed by atoms with Crippen molar-refractivity contribution < 1.29 is 4.79 Å². The third kappa shape index (κ3) is 6.37. The van der Waals surface area contributed by atoms with Crippen LogP contribution in [0.1, 0.15) is 46.5 Å². The first kappa shape index (κ1) is 19.1. The van der Waals surface area contributed by atoms with Gasteiger partial charge < -0.3 is 10.6 Å². The molecule has 5 heteroatoms. The summed E-state index contributed by atoms with van der Waals surface area (Å²) in [4.78, 5) is 11.9. The van der Waals surface area contributed by atoms with Gasteiger partial charge in [0.15, 0.2) is 0 Å². The molecule has 1 amide bonds. The minimum absolute atomic E-state index is 0. The van der Waals surface area contributed by atoms with Crippen molar-refractivity contribution in [3.05, 3.63) is 0 Å². The van der Waals surface area contributed by atoms with E-state index in [1.807, 2.05) is 11.8 Å². The molecule has 0 saturated carbocycles. The summed E-state index contributed by atoms with van der Waals surface area (Å²) in [6.45, 7) is 8.52. The Hall–Kier alpha value is 0.0700. The third-order valence-electron chi connectivity index (χ3n) is 4.34. The van der Waals surface area contributed by atoms with Crippen molar-refractivity contribution in [3.8, 4) is 0 Å². The van der Waals surface area contributed by atoms with Crippen molar-refractivity contribution in [1.82, 2.24) is 10.6 Å². The van der Waals surface area contributed by atoms with Crippen LogP contribution >= 0.6 is 24.2 Å². The van der Waals surface area contributed by atoms with E-state index in [1.54, 1.807) is 0 Å². The third-order valence-corrected chi connectivity index (χ3v) is 5.47. The second kappa shape index (κ2) is 9.89. The van der Waals surface area contributed by atoms with Crippen molar-refractivity contribution in [1.29, 1.82) is 0 Å². The number of halogens is 1. The molecule has 0 aromatic heterocycles. The number of nitrogens with one attached hydrogen (secondary N) is 2. The number of rotatable bonds is 7. The lowest BCUT2D eigenvalue weighted by atomic mass is 9.80. The van der Waals surface area contributed by atoms with E-state index in [4.69, 9.17) is 0 Å². The quantitative estimate of drug-likeness (QED) is 0.760. The predicted octanol–water partition coefficient (Wildman–Crippen LogP) is 2.84. The standard InChI is InChI=1S/C14H28N2OS.ClH/c1-4-14(5-2,6-3)11-16-13(17)9-12-10-18-8-7-15-12;/h12,15H,4-11H2,1-3H3,(H,16,17);1H. The second-order valence-corrected chi connectivity index (χ2v) is 6.42. The van der Waals surface area contributed by atoms with Gasteiger partial charge in [-0.1, -0.05) is 20.8 Å². The van der Waals surface area contributed by atoms with Crippen LogP contribution in [0.5, 0.6) is 0 Å². The monoisotopic (exact) mass is 308 g/mol. The van der Waals surface area contributed by atoms with Crippen LogP contribution in [0, 0.1) is 5.41 Å². The van der Waals surface area contributed by atoms with Crippen molar-refractivity contribution >= 4 is 30.1 Å². The topological polar surface area (TPSA) is 41.1 Å². The fourth-order valence-corrected chi connectivity index (χ4v) is 3.41. The average Bonchev–Trinajstić information content (AvgIpc) is 2.42. The zero-order valence-electron chi connectivity index (χ0n) is 12.5. The average molecular weight is 309 g/mol. The van der Waals surface area contributed by atoms with Gasteiger partial charge in [-0.25, -0.2) is 0 Å². The zero-order chi connectivity index (χ0) is 13.4. The van der Waals surface area contributed by atoms with Gasteiger partial charge in [-0.3, -0.25) is 4.79 Å². The summed E-state index contributed by atoms with van der Waals surface area (Å²) in [6, 6.07) is 0.364. The van der Waals surface area contributed by atoms with Crippen molar-refractivity contribution in [2.75, 3.05) is 24.6 Å². The summed E-state index contributed by atoms with van der Waals surface area (Å²) in [5.74, 6) is 2.44. The Kier molecular flexibility index (Phi) is 9.93. The number of carbonyl (C=O) groups is 1. The molecule has 3 nitrogen and oxygen atoms in total. The van der Waals surface area contributed by atoms with Gasteiger partial charge in [-0.15, -0.1) is 12.4 Å². The molecule has 0 radical (unpaired) electrons. The van der Waals surface area contributed by atoms with Gasteiger partial charge in [0.1, 0.15) is 0 Å². The van der Waals surface area contributed by atoms with Crippen LogP contribution < -0.4 is 10.6 Å². The first-order valence-electron chi connectivity index (χ1n) is 7.23. The second-order valence-electron chi connectivity index (χ2n) is 5.27. The van der Waals surface area contributed by atoms with E-state index in [-0.39, 0.29) is 18.3 Å². The number of thioether (sulfide) groups is 1. The molecular formula is C14H29ClN2OS. The molecule has 0 spiro atoms. The van der Waals surface area contributed by atoms with Crippen LogP contribution in [0.25, 0.3) is 0 Å². The van der Waals surface area contributed by atoms with Crippen molar-refractivity contribution in [2.24, 2.45) is 5.41 Å². The molecule has 0 aromatic carbocycles. The van der Waals surface area contributed by atoms with Gasteiger partial charge >= 0.3 is 0 Å². The molecule has 2 N–H and O–H groups in total. The number of hydrogen-bond acceptors (Lipinski definition) is 3. The van der Waals surface area contributed by atoms with Gasteiger partial charge in [-0.05, 0) is 24.7 Å². The molecule has 1 fully saturated rings. The minimum Gasteiger partial charge on any atom is -0.355 e. The highest BCUT2D eigenvalue weighted by atomic mass is 35.5. The Morgan fingerprint density at radius 1 is 1.32 bits per heavy atom. The van der Waals surface area contributed by atoms with E-state index in [0.717, 1.165) is 38.1 Å². The molecular weight excluding hydrogens is 280 g/mol. The SMILES string of the molecule is CCC(CC)(CC)CNC(=O)CC1CSCCN1.Cl. The van der Waals surface area contributed by atoms with Gasteiger partial charge in [0.2, 0.25) is 5.91 Å². The van der Waals surface area contributed by atoms with Gasteiger partial charge in [0, 0.05) is 37.1 Å². The van der Waals surface area contributed by atoms with E-state index >= 15 is 0 Å². The van der Waals surface area contributed by atoms with E-state index in [1.165, 1.54) is 5.75 Å². The molecule has 1 unspecified atom stereocenters. The van der Waals surface area contributed by atoms with Crippen molar-refractivity contribution in [3.63, 3.8) is 0 Å². The van der Waals surface area contributed by atoms with E-state index in [9.17, 15) is 4.79 Å². The normalized spacial score (nSPS) is 19.6. The fourth-order valence-electron chi connectivity index (χ4n) is 2.46. The Balaban J connectivity index is 0.00000324. The molecule has 1 aliphatic rings. The lowest BCUT2D eigenvalue weighted by molar-refractivity contribution is -0.122. The first-order chi connectivity index (χ1) is 8.65. The number of amides is 1. The molecule has 0 aliphatic carbocycles. The smallest absolute Gasteiger partial charge is 0.221 e. The predicted molar refractivity (Wildman–Crippen MR) is 87.3 cm³/mol. The van der Waals surface area contributed by atoms with Gasteiger partial charge in [0.05, 0.1) is 0 Å². The van der Waals surface area contributed by atoms with Crippen LogP contribution in [0.4, 0.5) is 0 Å². The maximum absolute atomic E-state index is 11.9. The summed E-state index contributed by atoms with van der Waals surface area (Å²) >= 11 is 1.94. The Bertz CT molecular complexity index is 246. The van der Waals surface area contributed by atoms with E-state index in [2.05, 4.69) is 31.4 Å². The molecule has 1 rings (SSSR count). The zero-order valence-corrected chi connectivity index (χ0v) is 14.1. The lowest BCUT2D eigenvalue weighted by Crippen LogP contribution is -2.43. The van der Waals surface area contributed by atoms with Crippen LogP contribution in [0.2, 0.25) is 0 Å². The Labute approximate surface area is 128 Å². The summed E-state index contributed by atoms with van der Waals surface area (Å²) < 4.78 is 0. The largest absolute Gasteiger partial charge is 0.355 e.